The van der Waals surface area contributed by atoms with Crippen molar-refractivity contribution in [2.45, 2.75) is 13.3 Å². The number of esters is 1. The van der Waals surface area contributed by atoms with Gasteiger partial charge in [-0.25, -0.2) is 9.37 Å². The molecular formula is C14H12BrFN2O3S. The number of hydrogen-bond acceptors (Lipinski definition) is 5. The minimum Gasteiger partial charge on any atom is -0.466 e. The molecule has 1 heterocycles. The number of rotatable bonds is 5. The maximum absolute atomic E-state index is 13.2. The Morgan fingerprint density at radius 3 is 2.95 bits per heavy atom. The van der Waals surface area contributed by atoms with Crippen LogP contribution in [0.25, 0.3) is 0 Å². The van der Waals surface area contributed by atoms with Gasteiger partial charge in [-0.05, 0) is 41.1 Å². The molecule has 0 spiro atoms. The number of halogens is 2. The third-order valence-electron chi connectivity index (χ3n) is 2.58. The van der Waals surface area contributed by atoms with Crippen LogP contribution in [0.4, 0.5) is 9.52 Å². The summed E-state index contributed by atoms with van der Waals surface area (Å²) >= 11 is 4.38. The molecule has 1 amide bonds. The van der Waals surface area contributed by atoms with Crippen molar-refractivity contribution in [3.63, 3.8) is 0 Å². The number of nitrogens with zero attached hydrogens (tertiary/aromatic N) is 1. The maximum Gasteiger partial charge on any atom is 0.311 e. The largest absolute Gasteiger partial charge is 0.466 e. The highest BCUT2D eigenvalue weighted by Crippen LogP contribution is 2.21. The summed E-state index contributed by atoms with van der Waals surface area (Å²) in [5, 5.41) is 4.57. The van der Waals surface area contributed by atoms with Crippen molar-refractivity contribution in [3.05, 3.63) is 45.1 Å². The number of aromatic nitrogens is 1. The molecule has 8 heteroatoms. The van der Waals surface area contributed by atoms with Gasteiger partial charge >= 0.3 is 5.97 Å². The van der Waals surface area contributed by atoms with Gasteiger partial charge in [0.05, 0.1) is 24.3 Å². The molecule has 1 aromatic carbocycles. The van der Waals surface area contributed by atoms with E-state index in [1.807, 2.05) is 0 Å². The zero-order chi connectivity index (χ0) is 16.1. The first-order valence-electron chi connectivity index (χ1n) is 6.36. The monoisotopic (exact) mass is 386 g/mol. The van der Waals surface area contributed by atoms with Crippen molar-refractivity contribution in [1.82, 2.24) is 4.98 Å². The number of hydrogen-bond donors (Lipinski definition) is 1. The van der Waals surface area contributed by atoms with Crippen LogP contribution < -0.4 is 5.32 Å². The highest BCUT2D eigenvalue weighted by molar-refractivity contribution is 9.10. The van der Waals surface area contributed by atoms with Gasteiger partial charge in [-0.2, -0.15) is 0 Å². The summed E-state index contributed by atoms with van der Waals surface area (Å²) < 4.78 is 18.5. The minimum absolute atomic E-state index is 0.0455. The minimum atomic E-state index is -0.504. The lowest BCUT2D eigenvalue weighted by atomic mass is 10.2. The van der Waals surface area contributed by atoms with E-state index in [2.05, 4.69) is 26.2 Å². The highest BCUT2D eigenvalue weighted by atomic mass is 79.9. The van der Waals surface area contributed by atoms with E-state index in [4.69, 9.17) is 4.74 Å². The average molecular weight is 387 g/mol. The van der Waals surface area contributed by atoms with Crippen LogP contribution in [-0.2, 0) is 16.0 Å². The maximum atomic E-state index is 13.2. The Kier molecular flexibility index (Phi) is 5.62. The molecule has 0 radical (unpaired) electrons. The van der Waals surface area contributed by atoms with Gasteiger partial charge in [-0.15, -0.1) is 11.3 Å². The van der Waals surface area contributed by atoms with Crippen molar-refractivity contribution in [2.75, 3.05) is 11.9 Å². The van der Waals surface area contributed by atoms with Crippen LogP contribution in [-0.4, -0.2) is 23.5 Å². The van der Waals surface area contributed by atoms with Gasteiger partial charge in [0.25, 0.3) is 5.91 Å². The second kappa shape index (κ2) is 7.46. The van der Waals surface area contributed by atoms with Gasteiger partial charge in [0.1, 0.15) is 5.82 Å². The van der Waals surface area contributed by atoms with Crippen LogP contribution in [0.2, 0.25) is 0 Å². The van der Waals surface area contributed by atoms with Crippen LogP contribution in [0, 0.1) is 5.82 Å². The molecule has 0 aliphatic carbocycles. The van der Waals surface area contributed by atoms with Crippen LogP contribution >= 0.6 is 27.3 Å². The third-order valence-corrected chi connectivity index (χ3v) is 4.07. The van der Waals surface area contributed by atoms with E-state index in [0.29, 0.717) is 21.9 Å². The zero-order valence-corrected chi connectivity index (χ0v) is 14.0. The number of amides is 1. The second-order valence-electron chi connectivity index (χ2n) is 4.20. The summed E-state index contributed by atoms with van der Waals surface area (Å²) in [6, 6.07) is 3.84. The number of nitrogens with one attached hydrogen (secondary N) is 1. The molecule has 0 fully saturated rings. The lowest BCUT2D eigenvalue weighted by Gasteiger charge is -2.04. The first-order chi connectivity index (χ1) is 10.5. The Bertz CT molecular complexity index is 705. The lowest BCUT2D eigenvalue weighted by Crippen LogP contribution is -2.13. The van der Waals surface area contributed by atoms with Crippen molar-refractivity contribution >= 4 is 44.3 Å². The summed E-state index contributed by atoms with van der Waals surface area (Å²) in [6.45, 7) is 2.03. The molecule has 2 aromatic rings. The molecular weight excluding hydrogens is 375 g/mol. The Morgan fingerprint density at radius 1 is 1.45 bits per heavy atom. The fourth-order valence-corrected chi connectivity index (χ4v) is 2.77. The topological polar surface area (TPSA) is 68.3 Å². The van der Waals surface area contributed by atoms with Crippen molar-refractivity contribution < 1.29 is 18.7 Å². The lowest BCUT2D eigenvalue weighted by molar-refractivity contribution is -0.142. The number of anilines is 1. The molecule has 0 unspecified atom stereocenters. The molecule has 1 N–H and O–H groups in total. The molecule has 0 aliphatic heterocycles. The molecule has 5 nitrogen and oxygen atoms in total. The second-order valence-corrected chi connectivity index (χ2v) is 5.92. The van der Waals surface area contributed by atoms with Crippen LogP contribution in [0.15, 0.2) is 28.1 Å². The van der Waals surface area contributed by atoms with Gasteiger partial charge in [-0.3, -0.25) is 14.9 Å². The Morgan fingerprint density at radius 2 is 2.23 bits per heavy atom. The van der Waals surface area contributed by atoms with E-state index in [1.54, 1.807) is 12.3 Å². The van der Waals surface area contributed by atoms with Gasteiger partial charge in [0.15, 0.2) is 5.13 Å². The average Bonchev–Trinajstić information content (AvgIpc) is 2.88. The SMILES string of the molecule is CCOC(=O)Cc1csc(NC(=O)c2cc(F)ccc2Br)n1. The standard InChI is InChI=1S/C14H12BrFN2O3S/c1-2-21-12(19)6-9-7-22-14(17-9)18-13(20)10-5-8(16)3-4-11(10)15/h3-5,7H,2,6H2,1H3,(H,17,18,20). The quantitative estimate of drug-likeness (QED) is 0.799. The number of benzene rings is 1. The molecule has 0 saturated carbocycles. The Balaban J connectivity index is 2.05. The molecule has 0 bridgehead atoms. The number of carbonyl (C=O) groups is 2. The molecule has 116 valence electrons. The summed E-state index contributed by atoms with van der Waals surface area (Å²) in [5.41, 5.74) is 0.680. The van der Waals surface area contributed by atoms with E-state index >= 15 is 0 Å². The summed E-state index contributed by atoms with van der Waals surface area (Å²) in [4.78, 5) is 27.6. The Hall–Kier alpha value is -1.80. The Labute approximate surface area is 138 Å². The predicted octanol–water partition coefficient (Wildman–Crippen LogP) is 3.40. The number of ether oxygens (including phenoxy) is 1. The van der Waals surface area contributed by atoms with Crippen LogP contribution in [0.1, 0.15) is 23.0 Å². The van der Waals surface area contributed by atoms with E-state index in [0.717, 1.165) is 6.07 Å². The third kappa shape index (κ3) is 4.35. The smallest absolute Gasteiger partial charge is 0.311 e. The van der Waals surface area contributed by atoms with Crippen molar-refractivity contribution in [2.24, 2.45) is 0 Å². The molecule has 0 atom stereocenters. The molecule has 2 rings (SSSR count). The fourth-order valence-electron chi connectivity index (χ4n) is 1.64. The van der Waals surface area contributed by atoms with Crippen LogP contribution in [0.3, 0.4) is 0 Å². The first kappa shape index (κ1) is 16.6. The van der Waals surface area contributed by atoms with Crippen LogP contribution in [0.5, 0.6) is 0 Å². The van der Waals surface area contributed by atoms with Crippen molar-refractivity contribution in [3.8, 4) is 0 Å². The number of thiazole rings is 1. The number of carbonyl (C=O) groups excluding carboxylic acids is 2. The molecule has 0 saturated heterocycles. The van der Waals surface area contributed by atoms with E-state index in [-0.39, 0.29) is 18.0 Å². The summed E-state index contributed by atoms with van der Waals surface area (Å²) in [6.07, 6.45) is 0.0455. The summed E-state index contributed by atoms with van der Waals surface area (Å²) in [5.74, 6) is -1.36. The summed E-state index contributed by atoms with van der Waals surface area (Å²) in [7, 11) is 0. The van der Waals surface area contributed by atoms with Gasteiger partial charge in [0.2, 0.25) is 0 Å². The fraction of sp³-hybridized carbons (Fsp3) is 0.214. The van der Waals surface area contributed by atoms with Gasteiger partial charge in [0, 0.05) is 9.85 Å². The van der Waals surface area contributed by atoms with E-state index in [1.165, 1.54) is 23.5 Å². The van der Waals surface area contributed by atoms with E-state index < -0.39 is 11.7 Å². The first-order valence-corrected chi connectivity index (χ1v) is 8.03. The van der Waals surface area contributed by atoms with Gasteiger partial charge < -0.3 is 4.74 Å². The molecule has 1 aromatic heterocycles. The predicted molar refractivity (Wildman–Crippen MR) is 84.5 cm³/mol. The highest BCUT2D eigenvalue weighted by Gasteiger charge is 2.14. The zero-order valence-electron chi connectivity index (χ0n) is 11.6. The normalized spacial score (nSPS) is 10.3. The van der Waals surface area contributed by atoms with E-state index in [9.17, 15) is 14.0 Å². The molecule has 22 heavy (non-hydrogen) atoms. The molecule has 0 aliphatic rings. The van der Waals surface area contributed by atoms with Gasteiger partial charge in [-0.1, -0.05) is 0 Å². The van der Waals surface area contributed by atoms with Crippen molar-refractivity contribution in [1.29, 1.82) is 0 Å².